The number of allylic oxidation sites excluding steroid dienone is 1. The van der Waals surface area contributed by atoms with Gasteiger partial charge in [-0.25, -0.2) is 0 Å². The van der Waals surface area contributed by atoms with Crippen molar-refractivity contribution in [2.45, 2.75) is 13.3 Å². The Labute approximate surface area is 75.1 Å². The van der Waals surface area contributed by atoms with Crippen molar-refractivity contribution in [1.82, 2.24) is 5.06 Å². The minimum Gasteiger partial charge on any atom is -0.278 e. The van der Waals surface area contributed by atoms with Crippen LogP contribution in [-0.4, -0.2) is 22.1 Å². The summed E-state index contributed by atoms with van der Waals surface area (Å²) in [5.74, 6) is -1.16. The fourth-order valence-electron chi connectivity index (χ4n) is 1.70. The number of hydrogen-bond acceptors (Lipinski definition) is 3. The number of nitrogens with zero attached hydrogens (tertiary/aromatic N) is 1. The topological polar surface area (TPSA) is 57.6 Å². The number of carbonyl (C=O) groups excluding carboxylic acids is 2. The lowest BCUT2D eigenvalue weighted by Crippen LogP contribution is -2.28. The molecule has 0 aromatic heterocycles. The molecule has 68 valence electrons. The molecule has 0 bridgehead atoms. The number of amides is 2. The van der Waals surface area contributed by atoms with Gasteiger partial charge in [-0.2, -0.15) is 0 Å². The minimum absolute atomic E-state index is 0.0219. The fraction of sp³-hybridized carbons (Fsp3) is 0.333. The van der Waals surface area contributed by atoms with Crippen LogP contribution in [0.3, 0.4) is 0 Å². The lowest BCUT2D eigenvalue weighted by Gasteiger charge is -2.12. The number of rotatable bonds is 0. The number of hydrogen-bond donors (Lipinski definition) is 1. The highest BCUT2D eigenvalue weighted by atomic mass is 16.5. The standard InChI is InChI=1S/C9H9NO3/c1-5-3-2-4-6-7(5)9(12)10(13)8(6)11/h2,4-5,13H,3H2,1H3. The van der Waals surface area contributed by atoms with Crippen molar-refractivity contribution in [3.05, 3.63) is 23.3 Å². The molecule has 0 saturated heterocycles. The van der Waals surface area contributed by atoms with Gasteiger partial charge in [0.15, 0.2) is 0 Å². The molecule has 4 heteroatoms. The second kappa shape index (κ2) is 2.53. The van der Waals surface area contributed by atoms with Gasteiger partial charge in [0.2, 0.25) is 0 Å². The molecule has 2 amide bonds. The molecule has 1 aliphatic heterocycles. The Bertz CT molecular complexity index is 354. The molecule has 1 atom stereocenters. The van der Waals surface area contributed by atoms with Crippen LogP contribution < -0.4 is 0 Å². The molecule has 4 nitrogen and oxygen atoms in total. The van der Waals surface area contributed by atoms with Crippen LogP contribution in [0.15, 0.2) is 23.3 Å². The van der Waals surface area contributed by atoms with Crippen molar-refractivity contribution >= 4 is 11.8 Å². The van der Waals surface area contributed by atoms with Crippen LogP contribution in [-0.2, 0) is 9.59 Å². The van der Waals surface area contributed by atoms with Gasteiger partial charge in [0.1, 0.15) is 0 Å². The van der Waals surface area contributed by atoms with Crippen molar-refractivity contribution in [1.29, 1.82) is 0 Å². The van der Waals surface area contributed by atoms with Gasteiger partial charge in [0.25, 0.3) is 11.8 Å². The molecular formula is C9H9NO3. The Hall–Kier alpha value is -1.42. The third-order valence-electron chi connectivity index (χ3n) is 2.40. The maximum atomic E-state index is 11.3. The normalized spacial score (nSPS) is 27.2. The second-order valence-electron chi connectivity index (χ2n) is 3.29. The van der Waals surface area contributed by atoms with Crippen molar-refractivity contribution in [3.63, 3.8) is 0 Å². The average molecular weight is 179 g/mol. The molecule has 0 fully saturated rings. The first kappa shape index (κ1) is 8.19. The Morgan fingerprint density at radius 1 is 1.46 bits per heavy atom. The summed E-state index contributed by atoms with van der Waals surface area (Å²) in [6.07, 6.45) is 4.19. The average Bonchev–Trinajstić information content (AvgIpc) is 2.33. The maximum Gasteiger partial charge on any atom is 0.285 e. The Balaban J connectivity index is 2.53. The smallest absolute Gasteiger partial charge is 0.278 e. The summed E-state index contributed by atoms with van der Waals surface area (Å²) in [6, 6.07) is 0. The Morgan fingerprint density at radius 3 is 2.77 bits per heavy atom. The molecule has 1 N–H and O–H groups in total. The van der Waals surface area contributed by atoms with E-state index >= 15 is 0 Å². The van der Waals surface area contributed by atoms with Crippen molar-refractivity contribution in [2.24, 2.45) is 5.92 Å². The Morgan fingerprint density at radius 2 is 2.15 bits per heavy atom. The van der Waals surface area contributed by atoms with E-state index in [0.29, 0.717) is 11.1 Å². The zero-order valence-corrected chi connectivity index (χ0v) is 7.15. The largest absolute Gasteiger partial charge is 0.285 e. The van der Waals surface area contributed by atoms with E-state index < -0.39 is 11.8 Å². The van der Waals surface area contributed by atoms with E-state index in [2.05, 4.69) is 0 Å². The summed E-state index contributed by atoms with van der Waals surface area (Å²) in [4.78, 5) is 22.6. The molecule has 1 heterocycles. The second-order valence-corrected chi connectivity index (χ2v) is 3.29. The highest BCUT2D eigenvalue weighted by molar-refractivity contribution is 6.20. The summed E-state index contributed by atoms with van der Waals surface area (Å²) < 4.78 is 0. The predicted octanol–water partition coefficient (Wildman–Crippen LogP) is 0.637. The van der Waals surface area contributed by atoms with E-state index in [4.69, 9.17) is 5.21 Å². The van der Waals surface area contributed by atoms with Gasteiger partial charge < -0.3 is 0 Å². The van der Waals surface area contributed by atoms with Crippen LogP contribution >= 0.6 is 0 Å². The SMILES string of the molecule is CC1CC=CC2=C1C(=O)N(O)C2=O. The van der Waals surface area contributed by atoms with E-state index in [1.807, 2.05) is 13.0 Å². The van der Waals surface area contributed by atoms with E-state index in [0.717, 1.165) is 6.42 Å². The van der Waals surface area contributed by atoms with Crippen LogP contribution in [0.5, 0.6) is 0 Å². The highest BCUT2D eigenvalue weighted by Crippen LogP contribution is 2.31. The monoisotopic (exact) mass is 179 g/mol. The molecule has 0 saturated carbocycles. The first-order valence-electron chi connectivity index (χ1n) is 4.11. The van der Waals surface area contributed by atoms with Crippen LogP contribution in [0.4, 0.5) is 0 Å². The van der Waals surface area contributed by atoms with E-state index in [9.17, 15) is 9.59 Å². The molecule has 0 aromatic rings. The lowest BCUT2D eigenvalue weighted by molar-refractivity contribution is -0.170. The van der Waals surface area contributed by atoms with Crippen molar-refractivity contribution in [2.75, 3.05) is 0 Å². The van der Waals surface area contributed by atoms with Crippen molar-refractivity contribution < 1.29 is 14.8 Å². The van der Waals surface area contributed by atoms with Gasteiger partial charge in [0, 0.05) is 5.57 Å². The van der Waals surface area contributed by atoms with Crippen molar-refractivity contribution in [3.8, 4) is 0 Å². The van der Waals surface area contributed by atoms with Gasteiger partial charge in [0.05, 0.1) is 5.57 Å². The summed E-state index contributed by atoms with van der Waals surface area (Å²) in [6.45, 7) is 1.86. The van der Waals surface area contributed by atoms with Crippen LogP contribution in [0.2, 0.25) is 0 Å². The van der Waals surface area contributed by atoms with Gasteiger partial charge in [-0.1, -0.05) is 19.1 Å². The maximum absolute atomic E-state index is 11.3. The molecule has 1 aliphatic carbocycles. The van der Waals surface area contributed by atoms with Gasteiger partial charge in [-0.15, -0.1) is 5.06 Å². The molecule has 0 aromatic carbocycles. The molecule has 13 heavy (non-hydrogen) atoms. The number of hydroxylamine groups is 2. The third kappa shape index (κ3) is 0.954. The zero-order valence-electron chi connectivity index (χ0n) is 7.15. The van der Waals surface area contributed by atoms with Crippen LogP contribution in [0.25, 0.3) is 0 Å². The first-order valence-corrected chi connectivity index (χ1v) is 4.11. The van der Waals surface area contributed by atoms with Crippen LogP contribution in [0, 0.1) is 5.92 Å². The lowest BCUT2D eigenvalue weighted by atomic mass is 9.90. The fourth-order valence-corrected chi connectivity index (χ4v) is 1.70. The highest BCUT2D eigenvalue weighted by Gasteiger charge is 2.39. The predicted molar refractivity (Wildman–Crippen MR) is 43.6 cm³/mol. The van der Waals surface area contributed by atoms with E-state index in [1.54, 1.807) is 6.08 Å². The summed E-state index contributed by atoms with van der Waals surface area (Å²) in [7, 11) is 0. The first-order chi connectivity index (χ1) is 6.13. The number of imide groups is 1. The zero-order chi connectivity index (χ0) is 9.59. The third-order valence-corrected chi connectivity index (χ3v) is 2.40. The van der Waals surface area contributed by atoms with Gasteiger partial charge in [-0.3, -0.25) is 14.8 Å². The minimum atomic E-state index is -0.609. The summed E-state index contributed by atoms with van der Waals surface area (Å²) in [5, 5.41) is 9.26. The quantitative estimate of drug-likeness (QED) is 0.438. The molecule has 2 rings (SSSR count). The Kier molecular flexibility index (Phi) is 1.60. The molecule has 1 unspecified atom stereocenters. The number of carbonyl (C=O) groups is 2. The molecular weight excluding hydrogens is 170 g/mol. The molecule has 0 spiro atoms. The molecule has 0 radical (unpaired) electrons. The van der Waals surface area contributed by atoms with Gasteiger partial charge >= 0.3 is 0 Å². The van der Waals surface area contributed by atoms with E-state index in [-0.39, 0.29) is 11.0 Å². The van der Waals surface area contributed by atoms with E-state index in [1.165, 1.54) is 0 Å². The van der Waals surface area contributed by atoms with Gasteiger partial charge in [-0.05, 0) is 12.3 Å². The summed E-state index contributed by atoms with van der Waals surface area (Å²) in [5.41, 5.74) is 0.779. The molecule has 2 aliphatic rings. The summed E-state index contributed by atoms with van der Waals surface area (Å²) >= 11 is 0. The van der Waals surface area contributed by atoms with Crippen LogP contribution in [0.1, 0.15) is 13.3 Å².